The first kappa shape index (κ1) is 14.4. The molecular weight excluding hydrogens is 289 g/mol. The summed E-state index contributed by atoms with van der Waals surface area (Å²) in [6.45, 7) is 1.05. The number of hydrogen-bond acceptors (Lipinski definition) is 3. The van der Waals surface area contributed by atoms with Gasteiger partial charge in [0.2, 0.25) is 0 Å². The van der Waals surface area contributed by atoms with Gasteiger partial charge in [-0.15, -0.1) is 0 Å². The predicted octanol–water partition coefficient (Wildman–Crippen LogP) is 2.92. The van der Waals surface area contributed by atoms with Crippen LogP contribution in [0.5, 0.6) is 5.75 Å². The molecular formula is C13H15Cl2NO3. The fraction of sp³-hybridized carbons (Fsp3) is 0.462. The summed E-state index contributed by atoms with van der Waals surface area (Å²) < 4.78 is 5.56. The van der Waals surface area contributed by atoms with Crippen LogP contribution in [0, 0.1) is 0 Å². The molecule has 0 atom stereocenters. The first-order valence-corrected chi connectivity index (χ1v) is 6.85. The third kappa shape index (κ3) is 4.56. The maximum Gasteiger partial charge on any atom is 0.317 e. The number of hydrogen-bond donors (Lipinski definition) is 1. The van der Waals surface area contributed by atoms with Crippen molar-refractivity contribution in [3.05, 3.63) is 28.2 Å². The lowest BCUT2D eigenvalue weighted by Gasteiger charge is -2.19. The Kier molecular flexibility index (Phi) is 4.91. The van der Waals surface area contributed by atoms with Crippen LogP contribution in [0.3, 0.4) is 0 Å². The van der Waals surface area contributed by atoms with Crippen LogP contribution < -0.4 is 4.74 Å². The summed E-state index contributed by atoms with van der Waals surface area (Å²) in [4.78, 5) is 12.7. The SMILES string of the molecule is O=C(O)CN(CCOc1ccc(Cl)cc1Cl)C1CC1. The van der Waals surface area contributed by atoms with E-state index in [1.807, 2.05) is 4.90 Å². The molecule has 1 N–H and O–H groups in total. The molecule has 0 aliphatic heterocycles. The van der Waals surface area contributed by atoms with E-state index in [2.05, 4.69) is 0 Å². The van der Waals surface area contributed by atoms with Crippen molar-refractivity contribution < 1.29 is 14.6 Å². The number of benzene rings is 1. The molecule has 0 amide bonds. The van der Waals surface area contributed by atoms with Gasteiger partial charge in [0, 0.05) is 17.6 Å². The zero-order chi connectivity index (χ0) is 13.8. The number of halogens is 2. The maximum absolute atomic E-state index is 10.7. The van der Waals surface area contributed by atoms with E-state index >= 15 is 0 Å². The van der Waals surface area contributed by atoms with Crippen molar-refractivity contribution in [1.29, 1.82) is 0 Å². The standard InChI is InChI=1S/C13H15Cl2NO3/c14-9-1-4-12(11(15)7-9)19-6-5-16(8-13(17)18)10-2-3-10/h1,4,7,10H,2-3,5-6,8H2,(H,17,18). The Balaban J connectivity index is 1.82. The van der Waals surface area contributed by atoms with Crippen LogP contribution in [0.15, 0.2) is 18.2 Å². The molecule has 0 radical (unpaired) electrons. The van der Waals surface area contributed by atoms with Crippen LogP contribution in [-0.4, -0.2) is 41.7 Å². The quantitative estimate of drug-likeness (QED) is 0.841. The highest BCUT2D eigenvalue weighted by Crippen LogP contribution is 2.28. The van der Waals surface area contributed by atoms with Crippen LogP contribution in [-0.2, 0) is 4.79 Å². The molecule has 104 valence electrons. The van der Waals surface area contributed by atoms with Crippen molar-refractivity contribution in [2.45, 2.75) is 18.9 Å². The van der Waals surface area contributed by atoms with E-state index in [-0.39, 0.29) is 6.54 Å². The molecule has 19 heavy (non-hydrogen) atoms. The summed E-state index contributed by atoms with van der Waals surface area (Å²) >= 11 is 11.8. The zero-order valence-electron chi connectivity index (χ0n) is 10.3. The van der Waals surface area contributed by atoms with Crippen molar-refractivity contribution in [2.24, 2.45) is 0 Å². The van der Waals surface area contributed by atoms with Crippen LogP contribution in [0.4, 0.5) is 0 Å². The van der Waals surface area contributed by atoms with Crippen LogP contribution >= 0.6 is 23.2 Å². The first-order chi connectivity index (χ1) is 9.06. The van der Waals surface area contributed by atoms with Gasteiger partial charge < -0.3 is 9.84 Å². The highest BCUT2D eigenvalue weighted by molar-refractivity contribution is 6.35. The molecule has 1 aromatic carbocycles. The minimum atomic E-state index is -0.809. The van der Waals surface area contributed by atoms with Crippen molar-refractivity contribution in [2.75, 3.05) is 19.7 Å². The molecule has 0 unspecified atom stereocenters. The fourth-order valence-corrected chi connectivity index (χ4v) is 2.33. The summed E-state index contributed by atoms with van der Waals surface area (Å²) in [6.07, 6.45) is 2.13. The van der Waals surface area contributed by atoms with Gasteiger partial charge in [0.05, 0.1) is 11.6 Å². The second-order valence-corrected chi connectivity index (χ2v) is 5.36. The Morgan fingerprint density at radius 2 is 2.16 bits per heavy atom. The molecule has 0 saturated heterocycles. The molecule has 1 aliphatic carbocycles. The number of rotatable bonds is 7. The lowest BCUT2D eigenvalue weighted by Crippen LogP contribution is -2.35. The third-order valence-corrected chi connectivity index (χ3v) is 3.46. The third-order valence-electron chi connectivity index (χ3n) is 2.93. The molecule has 1 aromatic rings. The van der Waals surface area contributed by atoms with Crippen LogP contribution in [0.2, 0.25) is 10.0 Å². The summed E-state index contributed by atoms with van der Waals surface area (Å²) in [7, 11) is 0. The number of carboxylic acids is 1. The van der Waals surface area contributed by atoms with Gasteiger partial charge in [-0.1, -0.05) is 23.2 Å². The Labute approximate surface area is 121 Å². The van der Waals surface area contributed by atoms with Gasteiger partial charge in [-0.25, -0.2) is 0 Å². The molecule has 1 aliphatic rings. The minimum Gasteiger partial charge on any atom is -0.491 e. The molecule has 0 heterocycles. The largest absolute Gasteiger partial charge is 0.491 e. The monoisotopic (exact) mass is 303 g/mol. The average Bonchev–Trinajstić information content (AvgIpc) is 3.14. The second kappa shape index (κ2) is 6.46. The molecule has 1 saturated carbocycles. The van der Waals surface area contributed by atoms with E-state index in [1.165, 1.54) is 0 Å². The van der Waals surface area contributed by atoms with E-state index in [0.717, 1.165) is 12.8 Å². The molecule has 6 heteroatoms. The smallest absolute Gasteiger partial charge is 0.317 e. The van der Waals surface area contributed by atoms with E-state index in [4.69, 9.17) is 33.0 Å². The highest BCUT2D eigenvalue weighted by atomic mass is 35.5. The average molecular weight is 304 g/mol. The van der Waals surface area contributed by atoms with Gasteiger partial charge >= 0.3 is 5.97 Å². The summed E-state index contributed by atoms with van der Waals surface area (Å²) in [6, 6.07) is 5.43. The Morgan fingerprint density at radius 3 is 2.74 bits per heavy atom. The topological polar surface area (TPSA) is 49.8 Å². The first-order valence-electron chi connectivity index (χ1n) is 6.10. The Morgan fingerprint density at radius 1 is 1.42 bits per heavy atom. The molecule has 0 spiro atoms. The van der Waals surface area contributed by atoms with Gasteiger partial charge in [-0.2, -0.15) is 0 Å². The fourth-order valence-electron chi connectivity index (χ4n) is 1.87. The van der Waals surface area contributed by atoms with Crippen molar-refractivity contribution in [1.82, 2.24) is 4.90 Å². The summed E-state index contributed by atoms with van der Waals surface area (Å²) in [5.74, 6) is -0.242. The Hall–Kier alpha value is -0.970. The van der Waals surface area contributed by atoms with E-state index < -0.39 is 5.97 Å². The van der Waals surface area contributed by atoms with Crippen LogP contribution in [0.25, 0.3) is 0 Å². The lowest BCUT2D eigenvalue weighted by atomic mass is 10.3. The lowest BCUT2D eigenvalue weighted by molar-refractivity contribution is -0.138. The number of ether oxygens (including phenoxy) is 1. The van der Waals surface area contributed by atoms with Gasteiger partial charge in [-0.3, -0.25) is 9.69 Å². The van der Waals surface area contributed by atoms with Gasteiger partial charge in [0.15, 0.2) is 0 Å². The zero-order valence-corrected chi connectivity index (χ0v) is 11.8. The minimum absolute atomic E-state index is 0.0579. The second-order valence-electron chi connectivity index (χ2n) is 4.52. The molecule has 1 fully saturated rings. The number of aliphatic carboxylic acids is 1. The number of carbonyl (C=O) groups is 1. The maximum atomic E-state index is 10.7. The molecule has 0 bridgehead atoms. The van der Waals surface area contributed by atoms with Crippen LogP contribution in [0.1, 0.15) is 12.8 Å². The normalized spacial score (nSPS) is 14.7. The summed E-state index contributed by atoms with van der Waals surface area (Å²) in [5, 5.41) is 9.85. The summed E-state index contributed by atoms with van der Waals surface area (Å²) in [5.41, 5.74) is 0. The van der Waals surface area contributed by atoms with Crippen molar-refractivity contribution in [3.63, 3.8) is 0 Å². The van der Waals surface area contributed by atoms with E-state index in [0.29, 0.717) is 35.0 Å². The van der Waals surface area contributed by atoms with Gasteiger partial charge in [0.1, 0.15) is 12.4 Å². The molecule has 4 nitrogen and oxygen atoms in total. The van der Waals surface area contributed by atoms with Crippen molar-refractivity contribution in [3.8, 4) is 5.75 Å². The molecule has 0 aromatic heterocycles. The van der Waals surface area contributed by atoms with Crippen molar-refractivity contribution >= 4 is 29.2 Å². The highest BCUT2D eigenvalue weighted by Gasteiger charge is 2.29. The molecule has 2 rings (SSSR count). The van der Waals surface area contributed by atoms with Gasteiger partial charge in [-0.05, 0) is 31.0 Å². The number of nitrogens with zero attached hydrogens (tertiary/aromatic N) is 1. The van der Waals surface area contributed by atoms with E-state index in [9.17, 15) is 4.79 Å². The number of carboxylic acid groups (broad SMARTS) is 1. The van der Waals surface area contributed by atoms with Gasteiger partial charge in [0.25, 0.3) is 0 Å². The predicted molar refractivity (Wildman–Crippen MR) is 74.2 cm³/mol. The van der Waals surface area contributed by atoms with E-state index in [1.54, 1.807) is 18.2 Å². The Bertz CT molecular complexity index is 463.